The molecule has 0 aliphatic carbocycles. The summed E-state index contributed by atoms with van der Waals surface area (Å²) >= 11 is 0. The molecule has 3 aromatic rings. The summed E-state index contributed by atoms with van der Waals surface area (Å²) in [6, 6.07) is 24.5. The third-order valence-corrected chi connectivity index (χ3v) is 7.84. The number of fused-ring (bicyclic) bond motifs is 1. The lowest BCUT2D eigenvalue weighted by Gasteiger charge is -2.38. The molecule has 222 valence electrons. The molecule has 2 atom stereocenters. The smallest absolute Gasteiger partial charge is 0.247 e. The minimum atomic E-state index is -0.809. The van der Waals surface area contributed by atoms with E-state index in [2.05, 4.69) is 37.9 Å². The van der Waals surface area contributed by atoms with Gasteiger partial charge < -0.3 is 15.0 Å². The van der Waals surface area contributed by atoms with Crippen LogP contribution in [-0.4, -0.2) is 59.1 Å². The highest BCUT2D eigenvalue weighted by molar-refractivity contribution is 5.94. The van der Waals surface area contributed by atoms with Crippen molar-refractivity contribution in [3.63, 3.8) is 0 Å². The topological polar surface area (TPSA) is 78.9 Å². The Morgan fingerprint density at radius 3 is 2.17 bits per heavy atom. The standard InChI is InChI=1S/C35H43N3O4/c1-24(2)37(25(3)4)21-19-36-34(40)33-31-17-16-30(42-29-14-10-7-11-15-29)23-28(31)18-20-38(33)35(41)32(22-26(5)39)27-12-8-6-9-13-27/h6-17,23-25,32-33H,18-22H2,1-5H3,(H,36,40). The number of hydrogen-bond acceptors (Lipinski definition) is 5. The molecule has 1 aliphatic heterocycles. The number of carbonyl (C=O) groups excluding carboxylic acids is 3. The van der Waals surface area contributed by atoms with Crippen LogP contribution in [0.2, 0.25) is 0 Å². The van der Waals surface area contributed by atoms with Crippen LogP contribution in [-0.2, 0) is 20.8 Å². The maximum absolute atomic E-state index is 14.2. The van der Waals surface area contributed by atoms with Crippen molar-refractivity contribution < 1.29 is 19.1 Å². The lowest BCUT2D eigenvalue weighted by Crippen LogP contribution is -2.50. The lowest BCUT2D eigenvalue weighted by molar-refractivity contribution is -0.143. The van der Waals surface area contributed by atoms with Crippen molar-refractivity contribution in [2.24, 2.45) is 0 Å². The van der Waals surface area contributed by atoms with Crippen LogP contribution in [0.4, 0.5) is 0 Å². The van der Waals surface area contributed by atoms with E-state index in [0.29, 0.717) is 43.9 Å². The third-order valence-electron chi connectivity index (χ3n) is 7.84. The first-order valence-corrected chi connectivity index (χ1v) is 14.9. The van der Waals surface area contributed by atoms with E-state index in [1.54, 1.807) is 4.90 Å². The van der Waals surface area contributed by atoms with Gasteiger partial charge in [0.1, 0.15) is 23.3 Å². The van der Waals surface area contributed by atoms with Crippen molar-refractivity contribution >= 4 is 17.6 Å². The number of nitrogens with zero attached hydrogens (tertiary/aromatic N) is 2. The predicted octanol–water partition coefficient (Wildman–Crippen LogP) is 5.90. The number of carbonyl (C=O) groups is 3. The number of nitrogens with one attached hydrogen (secondary N) is 1. The Labute approximate surface area is 249 Å². The second-order valence-corrected chi connectivity index (χ2v) is 11.5. The molecule has 2 unspecified atom stereocenters. The van der Waals surface area contributed by atoms with Crippen LogP contribution in [0.25, 0.3) is 0 Å². The number of para-hydroxylation sites is 1. The van der Waals surface area contributed by atoms with Gasteiger partial charge in [-0.25, -0.2) is 0 Å². The van der Waals surface area contributed by atoms with E-state index in [1.165, 1.54) is 6.92 Å². The molecule has 3 aromatic carbocycles. The van der Waals surface area contributed by atoms with Gasteiger partial charge in [0.05, 0.1) is 5.92 Å². The van der Waals surface area contributed by atoms with Gasteiger partial charge in [-0.15, -0.1) is 0 Å². The molecular formula is C35H43N3O4. The summed E-state index contributed by atoms with van der Waals surface area (Å²) in [6.07, 6.45) is 0.662. The molecule has 42 heavy (non-hydrogen) atoms. The number of ketones is 1. The molecule has 1 aliphatic rings. The summed E-state index contributed by atoms with van der Waals surface area (Å²) in [5.41, 5.74) is 2.53. The van der Waals surface area contributed by atoms with Crippen LogP contribution in [0.1, 0.15) is 69.7 Å². The molecule has 1 N–H and O–H groups in total. The van der Waals surface area contributed by atoms with Crippen molar-refractivity contribution in [2.45, 2.75) is 71.5 Å². The first-order chi connectivity index (χ1) is 20.2. The van der Waals surface area contributed by atoms with Gasteiger partial charge in [0, 0.05) is 38.1 Å². The molecule has 0 spiro atoms. The Balaban J connectivity index is 1.64. The Kier molecular flexibility index (Phi) is 10.5. The summed E-state index contributed by atoms with van der Waals surface area (Å²) < 4.78 is 6.07. The van der Waals surface area contributed by atoms with E-state index < -0.39 is 12.0 Å². The van der Waals surface area contributed by atoms with E-state index in [9.17, 15) is 14.4 Å². The Hall–Kier alpha value is -3.97. The zero-order valence-electron chi connectivity index (χ0n) is 25.4. The van der Waals surface area contributed by atoms with Gasteiger partial charge in [-0.3, -0.25) is 19.3 Å². The van der Waals surface area contributed by atoms with Gasteiger partial charge in [-0.1, -0.05) is 54.6 Å². The number of rotatable bonds is 12. The van der Waals surface area contributed by atoms with Gasteiger partial charge in [0.25, 0.3) is 0 Å². The van der Waals surface area contributed by atoms with E-state index in [1.807, 2.05) is 78.9 Å². The van der Waals surface area contributed by atoms with Crippen LogP contribution in [0.15, 0.2) is 78.9 Å². The summed E-state index contributed by atoms with van der Waals surface area (Å²) in [5, 5.41) is 3.12. The van der Waals surface area contributed by atoms with Gasteiger partial charge in [0.2, 0.25) is 11.8 Å². The molecular weight excluding hydrogens is 526 g/mol. The fraction of sp³-hybridized carbons (Fsp3) is 0.400. The van der Waals surface area contributed by atoms with Crippen LogP contribution in [0.3, 0.4) is 0 Å². The van der Waals surface area contributed by atoms with Crippen molar-refractivity contribution in [3.05, 3.63) is 95.6 Å². The fourth-order valence-electron chi connectivity index (χ4n) is 5.85. The molecule has 0 radical (unpaired) electrons. The average molecular weight is 570 g/mol. The number of amides is 2. The normalized spacial score (nSPS) is 15.4. The molecule has 7 nitrogen and oxygen atoms in total. The zero-order chi connectivity index (χ0) is 30.2. The molecule has 7 heteroatoms. The zero-order valence-corrected chi connectivity index (χ0v) is 25.4. The molecule has 0 saturated heterocycles. The van der Waals surface area contributed by atoms with Crippen molar-refractivity contribution in [1.82, 2.24) is 15.1 Å². The first kappa shape index (κ1) is 31.0. The Morgan fingerprint density at radius 2 is 1.55 bits per heavy atom. The minimum Gasteiger partial charge on any atom is -0.457 e. The highest BCUT2D eigenvalue weighted by atomic mass is 16.5. The molecule has 0 aromatic heterocycles. The highest BCUT2D eigenvalue weighted by Crippen LogP contribution is 2.36. The lowest BCUT2D eigenvalue weighted by atomic mass is 9.87. The average Bonchev–Trinajstić information content (AvgIpc) is 2.97. The second kappa shape index (κ2) is 14.3. The van der Waals surface area contributed by atoms with Crippen molar-refractivity contribution in [2.75, 3.05) is 19.6 Å². The maximum Gasteiger partial charge on any atom is 0.247 e. The summed E-state index contributed by atoms with van der Waals surface area (Å²) in [7, 11) is 0. The monoisotopic (exact) mass is 569 g/mol. The van der Waals surface area contributed by atoms with Gasteiger partial charge in [-0.2, -0.15) is 0 Å². The van der Waals surface area contributed by atoms with Gasteiger partial charge >= 0.3 is 0 Å². The number of ether oxygens (including phenoxy) is 1. The Morgan fingerprint density at radius 1 is 0.905 bits per heavy atom. The van der Waals surface area contributed by atoms with Crippen LogP contribution in [0, 0.1) is 0 Å². The van der Waals surface area contributed by atoms with Crippen LogP contribution >= 0.6 is 0 Å². The van der Waals surface area contributed by atoms with Gasteiger partial charge in [0.15, 0.2) is 0 Å². The van der Waals surface area contributed by atoms with E-state index in [4.69, 9.17) is 4.74 Å². The molecule has 0 saturated carbocycles. The largest absolute Gasteiger partial charge is 0.457 e. The predicted molar refractivity (Wildman–Crippen MR) is 166 cm³/mol. The number of hydrogen-bond donors (Lipinski definition) is 1. The molecule has 1 heterocycles. The van der Waals surface area contributed by atoms with Crippen LogP contribution < -0.4 is 10.1 Å². The maximum atomic E-state index is 14.2. The van der Waals surface area contributed by atoms with Crippen molar-refractivity contribution in [3.8, 4) is 11.5 Å². The fourth-order valence-corrected chi connectivity index (χ4v) is 5.85. The second-order valence-electron chi connectivity index (χ2n) is 11.5. The number of benzene rings is 3. The Bertz CT molecular complexity index is 1350. The van der Waals surface area contributed by atoms with E-state index >= 15 is 0 Å². The van der Waals surface area contributed by atoms with Gasteiger partial charge in [-0.05, 0) is 82.0 Å². The summed E-state index contributed by atoms with van der Waals surface area (Å²) in [5.74, 6) is 0.261. The quantitative estimate of drug-likeness (QED) is 0.294. The summed E-state index contributed by atoms with van der Waals surface area (Å²) in [6.45, 7) is 11.6. The highest BCUT2D eigenvalue weighted by Gasteiger charge is 2.39. The molecule has 0 fully saturated rings. The third kappa shape index (κ3) is 7.65. The SMILES string of the molecule is CC(=O)CC(C(=O)N1CCc2cc(Oc3ccccc3)ccc2C1C(=O)NCCN(C(C)C)C(C)C)c1ccccc1. The first-order valence-electron chi connectivity index (χ1n) is 14.9. The number of Topliss-reactive ketones (excluding diaryl/α,β-unsaturated/α-hetero) is 1. The minimum absolute atomic E-state index is 0.0687. The van der Waals surface area contributed by atoms with E-state index in [-0.39, 0.29) is 24.0 Å². The molecule has 2 amide bonds. The van der Waals surface area contributed by atoms with E-state index in [0.717, 1.165) is 22.4 Å². The molecule has 0 bridgehead atoms. The summed E-state index contributed by atoms with van der Waals surface area (Å²) in [4.78, 5) is 44.4. The van der Waals surface area contributed by atoms with Crippen molar-refractivity contribution in [1.29, 1.82) is 0 Å². The van der Waals surface area contributed by atoms with Crippen LogP contribution in [0.5, 0.6) is 11.5 Å². The molecule has 4 rings (SSSR count).